The Hall–Kier alpha value is -5.58. The van der Waals surface area contributed by atoms with E-state index in [1.165, 1.54) is 55.4 Å². The molecule has 0 radical (unpaired) electrons. The Morgan fingerprint density at radius 3 is 2.26 bits per heavy atom. The molecule has 0 fully saturated rings. The van der Waals surface area contributed by atoms with Gasteiger partial charge in [0, 0.05) is 34.3 Å². The van der Waals surface area contributed by atoms with Crippen molar-refractivity contribution in [1.82, 2.24) is 14.8 Å². The lowest BCUT2D eigenvalue weighted by molar-refractivity contribution is 0.279. The van der Waals surface area contributed by atoms with Crippen LogP contribution in [0, 0.1) is 0 Å². The van der Waals surface area contributed by atoms with Crippen LogP contribution in [0.3, 0.4) is 0 Å². The smallest absolute Gasteiger partial charge is 0.0788 e. The molecule has 0 aliphatic carbocycles. The number of para-hydroxylation sites is 2. The van der Waals surface area contributed by atoms with Crippen LogP contribution in [0.15, 0.2) is 146 Å². The van der Waals surface area contributed by atoms with E-state index >= 15 is 0 Å². The van der Waals surface area contributed by atoms with Crippen LogP contribution >= 0.6 is 0 Å². The summed E-state index contributed by atoms with van der Waals surface area (Å²) in [5.41, 5.74) is 12.0. The number of hydrogen-bond acceptors (Lipinski definition) is 3. The Morgan fingerprint density at radius 2 is 1.43 bits per heavy atom. The molecular weight excluding hydrogens is 573 g/mol. The van der Waals surface area contributed by atoms with Gasteiger partial charge in [-0.2, -0.15) is 0 Å². The molecule has 0 saturated heterocycles. The molecule has 0 bridgehead atoms. The van der Waals surface area contributed by atoms with Crippen molar-refractivity contribution in [3.63, 3.8) is 0 Å². The maximum atomic E-state index is 3.46. The Kier molecular flexibility index (Phi) is 6.69. The fourth-order valence-corrected chi connectivity index (χ4v) is 7.55. The number of dihydropyridines is 1. The highest BCUT2D eigenvalue weighted by atomic mass is 15.2. The fraction of sp³-hybridized carbons (Fsp3) is 0.116. The molecule has 4 nitrogen and oxygen atoms in total. The van der Waals surface area contributed by atoms with Crippen LogP contribution in [0.4, 0.5) is 17.1 Å². The minimum absolute atomic E-state index is 0.174. The third-order valence-electron chi connectivity index (χ3n) is 9.92. The Balaban J connectivity index is 1.28. The summed E-state index contributed by atoms with van der Waals surface area (Å²) < 4.78 is 2.46. The van der Waals surface area contributed by atoms with Gasteiger partial charge in [-0.3, -0.25) is 4.90 Å². The normalized spacial score (nSPS) is 18.7. The van der Waals surface area contributed by atoms with Gasteiger partial charge < -0.3 is 14.8 Å². The fourth-order valence-electron chi connectivity index (χ4n) is 7.55. The second-order valence-corrected chi connectivity index (χ2v) is 12.7. The van der Waals surface area contributed by atoms with E-state index in [-0.39, 0.29) is 6.04 Å². The SMILES string of the molecule is CN1CCC=CC1c1ccc(N2c3ccccc3C=Cc3ccc4c5ccccc5n(-c5ccc(C6C=CC=CN6)cc5)c4c32)cc1. The van der Waals surface area contributed by atoms with E-state index < -0.39 is 0 Å². The molecule has 3 aliphatic rings. The maximum absolute atomic E-state index is 3.46. The molecule has 0 saturated carbocycles. The van der Waals surface area contributed by atoms with Gasteiger partial charge in [0.2, 0.25) is 0 Å². The second-order valence-electron chi connectivity index (χ2n) is 12.7. The molecule has 228 valence electrons. The highest BCUT2D eigenvalue weighted by Gasteiger charge is 2.27. The molecule has 0 amide bonds. The van der Waals surface area contributed by atoms with Gasteiger partial charge in [-0.1, -0.05) is 109 Å². The zero-order valence-corrected chi connectivity index (χ0v) is 26.4. The number of fused-ring (bicyclic) bond motifs is 6. The molecule has 5 aromatic carbocycles. The molecule has 1 N–H and O–H groups in total. The molecule has 2 unspecified atom stereocenters. The van der Waals surface area contributed by atoms with E-state index in [4.69, 9.17) is 0 Å². The number of allylic oxidation sites excluding steroid dienone is 2. The Bertz CT molecular complexity index is 2250. The highest BCUT2D eigenvalue weighted by Crippen LogP contribution is 2.48. The van der Waals surface area contributed by atoms with E-state index in [0.717, 1.165) is 24.3 Å². The average molecular weight is 609 g/mol. The first kappa shape index (κ1) is 27.7. The van der Waals surface area contributed by atoms with Crippen molar-refractivity contribution in [2.24, 2.45) is 0 Å². The number of nitrogens with one attached hydrogen (secondary N) is 1. The molecule has 4 heteroatoms. The number of aromatic nitrogens is 1. The molecule has 6 aromatic rings. The first-order valence-electron chi connectivity index (χ1n) is 16.5. The summed E-state index contributed by atoms with van der Waals surface area (Å²) in [4.78, 5) is 4.91. The average Bonchev–Trinajstić information content (AvgIpc) is 3.37. The molecule has 4 heterocycles. The molecule has 1 aromatic heterocycles. The number of benzene rings is 5. The highest BCUT2D eigenvalue weighted by molar-refractivity contribution is 6.16. The lowest BCUT2D eigenvalue weighted by Crippen LogP contribution is -2.26. The van der Waals surface area contributed by atoms with Crippen LogP contribution in [0.5, 0.6) is 0 Å². The van der Waals surface area contributed by atoms with Gasteiger partial charge in [0.25, 0.3) is 0 Å². The largest absolute Gasteiger partial charge is 0.381 e. The summed E-state index contributed by atoms with van der Waals surface area (Å²) >= 11 is 0. The van der Waals surface area contributed by atoms with Crippen LogP contribution in [-0.4, -0.2) is 23.1 Å². The molecule has 9 rings (SSSR count). The molecule has 0 spiro atoms. The molecule has 2 atom stereocenters. The maximum Gasteiger partial charge on any atom is 0.0788 e. The van der Waals surface area contributed by atoms with E-state index in [1.54, 1.807) is 0 Å². The van der Waals surface area contributed by atoms with Crippen molar-refractivity contribution < 1.29 is 0 Å². The first-order valence-corrected chi connectivity index (χ1v) is 16.5. The number of nitrogens with zero attached hydrogens (tertiary/aromatic N) is 3. The number of rotatable bonds is 4. The Morgan fingerprint density at radius 1 is 0.660 bits per heavy atom. The molecular formula is C43H36N4. The van der Waals surface area contributed by atoms with Crippen molar-refractivity contribution in [3.8, 4) is 5.69 Å². The van der Waals surface area contributed by atoms with Crippen molar-refractivity contribution in [3.05, 3.63) is 168 Å². The van der Waals surface area contributed by atoms with E-state index in [2.05, 4.69) is 172 Å². The van der Waals surface area contributed by atoms with Crippen LogP contribution in [0.2, 0.25) is 0 Å². The van der Waals surface area contributed by atoms with Gasteiger partial charge in [-0.25, -0.2) is 0 Å². The van der Waals surface area contributed by atoms with E-state index in [1.807, 2.05) is 12.3 Å². The van der Waals surface area contributed by atoms with Crippen molar-refractivity contribution >= 4 is 51.0 Å². The van der Waals surface area contributed by atoms with Gasteiger partial charge in [-0.15, -0.1) is 0 Å². The van der Waals surface area contributed by atoms with Crippen molar-refractivity contribution in [1.29, 1.82) is 0 Å². The predicted octanol–water partition coefficient (Wildman–Crippen LogP) is 10.4. The molecule has 47 heavy (non-hydrogen) atoms. The van der Waals surface area contributed by atoms with Crippen LogP contribution in [0.1, 0.15) is 40.8 Å². The number of anilines is 3. The summed E-state index contributed by atoms with van der Waals surface area (Å²) in [5, 5.41) is 5.96. The van der Waals surface area contributed by atoms with Crippen LogP contribution in [-0.2, 0) is 0 Å². The minimum atomic E-state index is 0.174. The predicted molar refractivity (Wildman–Crippen MR) is 198 cm³/mol. The summed E-state index contributed by atoms with van der Waals surface area (Å²) in [7, 11) is 2.22. The summed E-state index contributed by atoms with van der Waals surface area (Å²) in [5.74, 6) is 0. The van der Waals surface area contributed by atoms with E-state index in [9.17, 15) is 0 Å². The van der Waals surface area contributed by atoms with E-state index in [0.29, 0.717) is 6.04 Å². The first-order chi connectivity index (χ1) is 23.2. The van der Waals surface area contributed by atoms with Crippen molar-refractivity contribution in [2.45, 2.75) is 18.5 Å². The topological polar surface area (TPSA) is 23.4 Å². The van der Waals surface area contributed by atoms with Gasteiger partial charge >= 0.3 is 0 Å². The van der Waals surface area contributed by atoms with Crippen LogP contribution < -0.4 is 10.2 Å². The van der Waals surface area contributed by atoms with Crippen molar-refractivity contribution in [2.75, 3.05) is 18.5 Å². The number of likely N-dealkylation sites (N-methyl/N-ethyl adjacent to an activating group) is 1. The third kappa shape index (κ3) is 4.64. The van der Waals surface area contributed by atoms with Gasteiger partial charge in [-0.05, 0) is 78.8 Å². The Labute approximate surface area is 275 Å². The molecule has 3 aliphatic heterocycles. The second kappa shape index (κ2) is 11.3. The lowest BCUT2D eigenvalue weighted by atomic mass is 10.0. The van der Waals surface area contributed by atoms with Gasteiger partial charge in [0.15, 0.2) is 0 Å². The summed E-state index contributed by atoms with van der Waals surface area (Å²) in [6.45, 7) is 1.08. The quantitative estimate of drug-likeness (QED) is 0.201. The van der Waals surface area contributed by atoms with Crippen LogP contribution in [0.25, 0.3) is 39.6 Å². The van der Waals surface area contributed by atoms with Gasteiger partial charge in [0.1, 0.15) is 0 Å². The zero-order chi connectivity index (χ0) is 31.3. The zero-order valence-electron chi connectivity index (χ0n) is 26.4. The standard InChI is InChI=1S/C43H36N4/c1-45-29-9-7-13-39(45)32-20-25-34(26-21-32)46-40-14-4-2-10-31(40)16-17-33-22-27-37-36-11-3-5-15-41(36)47(43(37)42(33)46)35-23-18-30(19-24-35)38-12-6-8-28-44-38/h2-8,10-28,38-39,44H,9,29H2,1H3. The summed E-state index contributed by atoms with van der Waals surface area (Å²) in [6.07, 6.45) is 18.7. The lowest BCUT2D eigenvalue weighted by Gasteiger charge is -2.31. The third-order valence-corrected chi connectivity index (χ3v) is 9.92. The van der Waals surface area contributed by atoms with Gasteiger partial charge in [0.05, 0.1) is 34.5 Å². The monoisotopic (exact) mass is 608 g/mol. The number of hydrogen-bond donors (Lipinski definition) is 1. The minimum Gasteiger partial charge on any atom is -0.381 e. The summed E-state index contributed by atoms with van der Waals surface area (Å²) in [6, 6.07) is 40.9.